The Bertz CT molecular complexity index is 444. The summed E-state index contributed by atoms with van der Waals surface area (Å²) in [5.41, 5.74) is -0.232. The molecule has 0 aliphatic carbocycles. The molecule has 2 heterocycles. The molecule has 0 N–H and O–H groups in total. The summed E-state index contributed by atoms with van der Waals surface area (Å²) in [4.78, 5) is 16.4. The molecule has 0 spiro atoms. The van der Waals surface area contributed by atoms with Crippen LogP contribution in [0.25, 0.3) is 0 Å². The molecule has 2 aliphatic rings. The Kier molecular flexibility index (Phi) is 6.14. The van der Waals surface area contributed by atoms with Crippen molar-refractivity contribution in [3.8, 4) is 0 Å². The van der Waals surface area contributed by atoms with E-state index in [2.05, 4.69) is 25.8 Å². The predicted molar refractivity (Wildman–Crippen MR) is 99.5 cm³/mol. The summed E-state index contributed by atoms with van der Waals surface area (Å²) in [6.07, 6.45) is 2.30. The van der Waals surface area contributed by atoms with Crippen molar-refractivity contribution in [2.24, 2.45) is 5.92 Å². The fourth-order valence-corrected chi connectivity index (χ4v) is 3.91. The quantitative estimate of drug-likeness (QED) is 0.785. The van der Waals surface area contributed by atoms with Crippen molar-refractivity contribution < 1.29 is 14.3 Å². The van der Waals surface area contributed by atoms with Crippen molar-refractivity contribution in [2.75, 3.05) is 26.7 Å². The highest BCUT2D eigenvalue weighted by Crippen LogP contribution is 2.42. The van der Waals surface area contributed by atoms with E-state index in [0.717, 1.165) is 32.4 Å². The zero-order valence-electron chi connectivity index (χ0n) is 16.0. The third-order valence-electron chi connectivity index (χ3n) is 4.98. The van der Waals surface area contributed by atoms with Gasteiger partial charge in [-0.1, -0.05) is 13.8 Å². The summed E-state index contributed by atoms with van der Waals surface area (Å²) in [7, 11) is 2.10. The van der Waals surface area contributed by atoms with Crippen molar-refractivity contribution in [2.45, 2.75) is 76.6 Å². The SMILES string of the molecule is CC(C)C1(S)CC(OC(C)(C)C)CN1C(=O)OC1CCN(C)CC1. The minimum Gasteiger partial charge on any atom is -0.446 e. The molecular weight excluding hydrogens is 324 g/mol. The molecule has 2 unspecified atom stereocenters. The summed E-state index contributed by atoms with van der Waals surface area (Å²) in [5.74, 6) is 0.222. The first-order valence-corrected chi connectivity index (χ1v) is 9.53. The summed E-state index contributed by atoms with van der Waals surface area (Å²) in [6, 6.07) is 0. The summed E-state index contributed by atoms with van der Waals surface area (Å²) < 4.78 is 11.9. The molecule has 2 saturated heterocycles. The Morgan fingerprint density at radius 2 is 1.79 bits per heavy atom. The molecule has 1 amide bonds. The van der Waals surface area contributed by atoms with Crippen LogP contribution in [0.4, 0.5) is 4.79 Å². The van der Waals surface area contributed by atoms with E-state index in [9.17, 15) is 4.79 Å². The Labute approximate surface area is 152 Å². The normalized spacial score (nSPS) is 30.2. The lowest BCUT2D eigenvalue weighted by molar-refractivity contribution is -0.0547. The second-order valence-electron chi connectivity index (χ2n) is 8.59. The fourth-order valence-electron chi connectivity index (χ4n) is 3.54. The van der Waals surface area contributed by atoms with Crippen LogP contribution in [-0.4, -0.2) is 65.3 Å². The second-order valence-corrected chi connectivity index (χ2v) is 9.36. The van der Waals surface area contributed by atoms with E-state index in [1.54, 1.807) is 4.90 Å². The molecule has 5 nitrogen and oxygen atoms in total. The largest absolute Gasteiger partial charge is 0.446 e. The van der Waals surface area contributed by atoms with Crippen LogP contribution in [-0.2, 0) is 9.47 Å². The first kappa shape index (κ1) is 19.9. The highest BCUT2D eigenvalue weighted by molar-refractivity contribution is 7.81. The number of nitrogens with zero attached hydrogens (tertiary/aromatic N) is 2. The highest BCUT2D eigenvalue weighted by atomic mass is 32.1. The highest BCUT2D eigenvalue weighted by Gasteiger charge is 2.50. The lowest BCUT2D eigenvalue weighted by atomic mass is 10.00. The molecule has 140 valence electrons. The van der Waals surface area contributed by atoms with E-state index in [1.165, 1.54) is 0 Å². The zero-order valence-corrected chi connectivity index (χ0v) is 16.9. The van der Waals surface area contributed by atoms with Gasteiger partial charge in [-0.15, -0.1) is 0 Å². The van der Waals surface area contributed by atoms with Gasteiger partial charge in [0.2, 0.25) is 0 Å². The van der Waals surface area contributed by atoms with Gasteiger partial charge in [-0.2, -0.15) is 12.6 Å². The average molecular weight is 359 g/mol. The van der Waals surface area contributed by atoms with Crippen LogP contribution in [0.3, 0.4) is 0 Å². The molecule has 0 aromatic rings. The Hall–Kier alpha value is -0.460. The predicted octanol–water partition coefficient (Wildman–Crippen LogP) is 3.39. The lowest BCUT2D eigenvalue weighted by Crippen LogP contribution is -2.48. The van der Waals surface area contributed by atoms with Crippen LogP contribution in [0, 0.1) is 5.92 Å². The topological polar surface area (TPSA) is 42.0 Å². The molecule has 0 radical (unpaired) electrons. The number of ether oxygens (including phenoxy) is 2. The van der Waals surface area contributed by atoms with Gasteiger partial charge in [0, 0.05) is 19.5 Å². The van der Waals surface area contributed by atoms with Gasteiger partial charge in [0.15, 0.2) is 0 Å². The number of hydrogen-bond donors (Lipinski definition) is 1. The van der Waals surface area contributed by atoms with Gasteiger partial charge in [0.05, 0.1) is 23.1 Å². The molecule has 2 rings (SSSR count). The summed E-state index contributed by atoms with van der Waals surface area (Å²) >= 11 is 4.89. The number of carbonyl (C=O) groups excluding carboxylic acids is 1. The van der Waals surface area contributed by atoms with Crippen LogP contribution in [0.1, 0.15) is 53.9 Å². The number of likely N-dealkylation sites (tertiary alicyclic amines) is 2. The number of carbonyl (C=O) groups is 1. The van der Waals surface area contributed by atoms with Crippen LogP contribution < -0.4 is 0 Å². The Balaban J connectivity index is 2.03. The van der Waals surface area contributed by atoms with Gasteiger partial charge in [0.25, 0.3) is 0 Å². The molecule has 2 fully saturated rings. The maximum atomic E-state index is 12.8. The van der Waals surface area contributed by atoms with Crippen molar-refractivity contribution in [3.63, 3.8) is 0 Å². The molecule has 0 saturated carbocycles. The van der Waals surface area contributed by atoms with E-state index in [4.69, 9.17) is 22.1 Å². The van der Waals surface area contributed by atoms with Crippen molar-refractivity contribution in [3.05, 3.63) is 0 Å². The van der Waals surface area contributed by atoms with E-state index in [1.807, 2.05) is 20.8 Å². The Morgan fingerprint density at radius 1 is 1.21 bits per heavy atom. The van der Waals surface area contributed by atoms with E-state index < -0.39 is 4.87 Å². The molecule has 2 aliphatic heterocycles. The van der Waals surface area contributed by atoms with Gasteiger partial charge in [-0.25, -0.2) is 4.79 Å². The van der Waals surface area contributed by atoms with Gasteiger partial charge in [-0.05, 0) is 46.6 Å². The smallest absolute Gasteiger partial charge is 0.411 e. The minimum absolute atomic E-state index is 0.00469. The van der Waals surface area contributed by atoms with Crippen molar-refractivity contribution >= 4 is 18.7 Å². The molecule has 6 heteroatoms. The summed E-state index contributed by atoms with van der Waals surface area (Å²) in [5, 5.41) is 0. The number of piperidine rings is 1. The average Bonchev–Trinajstić information content (AvgIpc) is 2.77. The lowest BCUT2D eigenvalue weighted by Gasteiger charge is -2.38. The first-order chi connectivity index (χ1) is 11.0. The number of amides is 1. The van der Waals surface area contributed by atoms with Crippen molar-refractivity contribution in [1.82, 2.24) is 9.80 Å². The van der Waals surface area contributed by atoms with Crippen molar-refractivity contribution in [1.29, 1.82) is 0 Å². The molecule has 0 aromatic carbocycles. The molecular formula is C18H34N2O3S. The molecule has 0 aromatic heterocycles. The molecule has 0 bridgehead atoms. The number of hydrogen-bond acceptors (Lipinski definition) is 5. The van der Waals surface area contributed by atoms with Gasteiger partial charge >= 0.3 is 6.09 Å². The minimum atomic E-state index is -0.515. The standard InChI is InChI=1S/C18H34N2O3S/c1-13(2)18(24)11-15(23-17(3,4)5)12-20(18)16(21)22-14-7-9-19(6)10-8-14/h13-15,24H,7-12H2,1-6H3. The first-order valence-electron chi connectivity index (χ1n) is 9.08. The maximum absolute atomic E-state index is 12.8. The molecule has 24 heavy (non-hydrogen) atoms. The fraction of sp³-hybridized carbons (Fsp3) is 0.944. The summed E-state index contributed by atoms with van der Waals surface area (Å²) in [6.45, 7) is 12.8. The second kappa shape index (κ2) is 7.42. The van der Waals surface area contributed by atoms with E-state index in [0.29, 0.717) is 6.54 Å². The van der Waals surface area contributed by atoms with Gasteiger partial charge in [-0.3, -0.25) is 4.90 Å². The zero-order chi connectivity index (χ0) is 18.1. The monoisotopic (exact) mass is 358 g/mol. The Morgan fingerprint density at radius 3 is 2.29 bits per heavy atom. The molecule has 2 atom stereocenters. The van der Waals surface area contributed by atoms with Gasteiger partial charge < -0.3 is 14.4 Å². The number of rotatable bonds is 3. The van der Waals surface area contributed by atoms with Gasteiger partial charge in [0.1, 0.15) is 6.10 Å². The third kappa shape index (κ3) is 4.79. The number of thiol groups is 1. The maximum Gasteiger partial charge on any atom is 0.411 e. The van der Waals surface area contributed by atoms with E-state index in [-0.39, 0.29) is 29.8 Å². The van der Waals surface area contributed by atoms with Crippen LogP contribution in [0.15, 0.2) is 0 Å². The van der Waals surface area contributed by atoms with Crippen LogP contribution in [0.5, 0.6) is 0 Å². The third-order valence-corrected chi connectivity index (χ3v) is 5.92. The van der Waals surface area contributed by atoms with E-state index >= 15 is 0 Å². The van der Waals surface area contributed by atoms with Crippen LogP contribution in [0.2, 0.25) is 0 Å². The van der Waals surface area contributed by atoms with Crippen LogP contribution >= 0.6 is 12.6 Å².